The predicted octanol–water partition coefficient (Wildman–Crippen LogP) is 3.93. The maximum Gasteiger partial charge on any atom is 0.313 e. The monoisotopic (exact) mass is 684 g/mol. The van der Waals surface area contributed by atoms with E-state index >= 15 is 0 Å². The highest BCUT2D eigenvalue weighted by Crippen LogP contribution is 2.56. The number of rotatable bonds is 9. The fourth-order valence-corrected chi connectivity index (χ4v) is 7.97. The van der Waals surface area contributed by atoms with Gasteiger partial charge in [0.15, 0.2) is 0 Å². The molecule has 0 saturated carbocycles. The number of ether oxygens (including phenoxy) is 2. The van der Waals surface area contributed by atoms with Gasteiger partial charge >= 0.3 is 5.97 Å². The molecule has 2 aromatic carbocycles. The van der Waals surface area contributed by atoms with Crippen LogP contribution >= 0.6 is 0 Å². The van der Waals surface area contributed by atoms with Crippen molar-refractivity contribution in [3.05, 3.63) is 84.5 Å². The molecule has 11 nitrogen and oxygen atoms in total. The van der Waals surface area contributed by atoms with Gasteiger partial charge in [-0.25, -0.2) is 0 Å². The number of fused-ring (bicyclic) bond motifs is 2. The minimum Gasteiger partial charge on any atom is -0.455 e. The van der Waals surface area contributed by atoms with E-state index in [2.05, 4.69) is 24.1 Å². The van der Waals surface area contributed by atoms with Crippen LogP contribution in [0.5, 0.6) is 0 Å². The molecule has 0 radical (unpaired) electrons. The minimum absolute atomic E-state index is 0.0476. The smallest absolute Gasteiger partial charge is 0.313 e. The van der Waals surface area contributed by atoms with Crippen molar-refractivity contribution >= 4 is 35.1 Å². The van der Waals surface area contributed by atoms with Crippen molar-refractivity contribution in [2.24, 2.45) is 11.8 Å². The zero-order chi connectivity index (χ0) is 35.4. The second-order valence-corrected chi connectivity index (χ2v) is 13.4. The molecule has 266 valence electrons. The number of amides is 3. The summed E-state index contributed by atoms with van der Waals surface area (Å²) in [6, 6.07) is 15.4. The van der Waals surface area contributed by atoms with E-state index in [4.69, 9.17) is 9.47 Å². The number of esters is 1. The number of hydrogen-bond acceptors (Lipinski definition) is 8. The van der Waals surface area contributed by atoms with Crippen molar-refractivity contribution in [1.29, 1.82) is 0 Å². The number of allylic oxidation sites excluding steroid dienone is 1. The Morgan fingerprint density at radius 1 is 0.960 bits per heavy atom. The molecule has 0 aromatic heterocycles. The first kappa shape index (κ1) is 35.3. The largest absolute Gasteiger partial charge is 0.455 e. The third-order valence-electron chi connectivity index (χ3n) is 10.4. The molecule has 0 unspecified atom stereocenters. The van der Waals surface area contributed by atoms with E-state index in [9.17, 15) is 24.3 Å². The van der Waals surface area contributed by atoms with Gasteiger partial charge < -0.3 is 34.6 Å². The second-order valence-electron chi connectivity index (χ2n) is 13.4. The van der Waals surface area contributed by atoms with E-state index in [-0.39, 0.29) is 43.8 Å². The molecule has 3 amide bonds. The summed E-state index contributed by atoms with van der Waals surface area (Å²) in [5.74, 6) is -3.46. The van der Waals surface area contributed by atoms with Crippen molar-refractivity contribution in [2.45, 2.75) is 76.3 Å². The summed E-state index contributed by atoms with van der Waals surface area (Å²) in [7, 11) is 0. The predicted molar refractivity (Wildman–Crippen MR) is 189 cm³/mol. The van der Waals surface area contributed by atoms with E-state index in [0.29, 0.717) is 30.5 Å². The third-order valence-corrected chi connectivity index (χ3v) is 10.4. The zero-order valence-electron chi connectivity index (χ0n) is 29.1. The molecule has 7 atom stereocenters. The molecule has 5 bridgehead atoms. The molecule has 4 aliphatic heterocycles. The van der Waals surface area contributed by atoms with Gasteiger partial charge in [0.05, 0.1) is 18.1 Å². The molecule has 2 fully saturated rings. The highest BCUT2D eigenvalue weighted by molar-refractivity contribution is 6.05. The number of benzene rings is 2. The van der Waals surface area contributed by atoms with Gasteiger partial charge in [0.2, 0.25) is 11.8 Å². The fourth-order valence-electron chi connectivity index (χ4n) is 7.97. The number of anilines is 2. The van der Waals surface area contributed by atoms with Crippen LogP contribution in [-0.2, 0) is 28.7 Å². The Bertz CT molecular complexity index is 1610. The van der Waals surface area contributed by atoms with Crippen LogP contribution in [0.1, 0.15) is 58.1 Å². The first-order valence-electron chi connectivity index (χ1n) is 17.9. The van der Waals surface area contributed by atoms with Gasteiger partial charge in [0, 0.05) is 50.6 Å². The first-order valence-corrected chi connectivity index (χ1v) is 17.9. The average Bonchev–Trinajstić information content (AvgIpc) is 3.77. The SMILES string of the molecule is CCN(CC)c1ccc(N2C/C=C\CCC(=O)N[C@H](C)[C@@H](c3ccccc3)OC(=O)[C@@H]3[C@@H]4C=C[C@]5(O4)[C@H](C2=O)N(CCCCO)C(=O)[C@@H]35)cc1. The molecule has 0 aliphatic carbocycles. The van der Waals surface area contributed by atoms with Gasteiger partial charge in [-0.15, -0.1) is 0 Å². The Morgan fingerprint density at radius 3 is 2.40 bits per heavy atom. The van der Waals surface area contributed by atoms with Crippen LogP contribution in [0.25, 0.3) is 0 Å². The molecule has 2 N–H and O–H groups in total. The summed E-state index contributed by atoms with van der Waals surface area (Å²) < 4.78 is 12.8. The van der Waals surface area contributed by atoms with Gasteiger partial charge in [-0.05, 0) is 69.9 Å². The summed E-state index contributed by atoms with van der Waals surface area (Å²) >= 11 is 0. The van der Waals surface area contributed by atoms with Crippen LogP contribution in [0.4, 0.5) is 11.4 Å². The Morgan fingerprint density at radius 2 is 1.70 bits per heavy atom. The lowest BCUT2D eigenvalue weighted by Gasteiger charge is -2.36. The molecule has 4 heterocycles. The highest BCUT2D eigenvalue weighted by Gasteiger charge is 2.73. The Balaban J connectivity index is 1.42. The maximum atomic E-state index is 15.0. The third kappa shape index (κ3) is 6.56. The van der Waals surface area contributed by atoms with Gasteiger partial charge in [-0.1, -0.05) is 54.6 Å². The summed E-state index contributed by atoms with van der Waals surface area (Å²) in [6.45, 7) is 8.03. The lowest BCUT2D eigenvalue weighted by molar-refractivity contribution is -0.161. The van der Waals surface area contributed by atoms with Gasteiger partial charge in [-0.3, -0.25) is 19.2 Å². The molecule has 1 spiro atoms. The number of likely N-dealkylation sites (tertiary alicyclic amines) is 1. The minimum atomic E-state index is -1.37. The van der Waals surface area contributed by atoms with Crippen LogP contribution in [-0.4, -0.2) is 90.3 Å². The topological polar surface area (TPSA) is 129 Å². The second kappa shape index (κ2) is 15.2. The van der Waals surface area contributed by atoms with Crippen LogP contribution in [0.2, 0.25) is 0 Å². The van der Waals surface area contributed by atoms with Crippen molar-refractivity contribution in [2.75, 3.05) is 42.6 Å². The number of aliphatic hydroxyl groups excluding tert-OH is 1. The first-order chi connectivity index (χ1) is 24.2. The number of carbonyl (C=O) groups excluding carboxylic acids is 4. The van der Waals surface area contributed by atoms with Crippen LogP contribution < -0.4 is 15.1 Å². The molecule has 4 aliphatic rings. The fraction of sp³-hybridized carbons (Fsp3) is 0.487. The number of hydrogen-bond donors (Lipinski definition) is 2. The Kier molecular flexibility index (Phi) is 10.7. The highest BCUT2D eigenvalue weighted by atomic mass is 16.6. The van der Waals surface area contributed by atoms with Crippen molar-refractivity contribution < 1.29 is 33.8 Å². The van der Waals surface area contributed by atoms with Crippen LogP contribution in [0, 0.1) is 11.8 Å². The molecule has 2 aromatic rings. The quantitative estimate of drug-likeness (QED) is 0.231. The molecular weight excluding hydrogens is 636 g/mol. The van der Waals surface area contributed by atoms with Gasteiger partial charge in [0.25, 0.3) is 5.91 Å². The normalized spacial score (nSPS) is 30.3. The van der Waals surface area contributed by atoms with E-state index in [1.807, 2.05) is 66.7 Å². The number of nitrogens with zero attached hydrogens (tertiary/aromatic N) is 3. The van der Waals surface area contributed by atoms with Crippen LogP contribution in [0.3, 0.4) is 0 Å². The van der Waals surface area contributed by atoms with E-state index in [1.54, 1.807) is 28.9 Å². The van der Waals surface area contributed by atoms with Crippen LogP contribution in [0.15, 0.2) is 78.9 Å². The number of unbranched alkanes of at least 4 members (excludes halogenated alkanes) is 1. The molecule has 2 saturated heterocycles. The molecule has 11 heteroatoms. The summed E-state index contributed by atoms with van der Waals surface area (Å²) in [5, 5.41) is 12.6. The Labute approximate surface area is 293 Å². The van der Waals surface area contributed by atoms with Gasteiger partial charge in [0.1, 0.15) is 23.7 Å². The molecule has 6 rings (SSSR count). The van der Waals surface area contributed by atoms with Crippen molar-refractivity contribution in [3.63, 3.8) is 0 Å². The molecule has 50 heavy (non-hydrogen) atoms. The number of carbonyl (C=O) groups is 4. The lowest BCUT2D eigenvalue weighted by atomic mass is 9.74. The summed E-state index contributed by atoms with van der Waals surface area (Å²) in [4.78, 5) is 62.2. The average molecular weight is 685 g/mol. The zero-order valence-corrected chi connectivity index (χ0v) is 29.1. The van der Waals surface area contributed by atoms with E-state index < -0.39 is 47.7 Å². The van der Waals surface area contributed by atoms with Gasteiger partial charge in [-0.2, -0.15) is 0 Å². The van der Waals surface area contributed by atoms with Crippen molar-refractivity contribution in [3.8, 4) is 0 Å². The van der Waals surface area contributed by atoms with E-state index in [0.717, 1.165) is 18.8 Å². The summed E-state index contributed by atoms with van der Waals surface area (Å²) in [5.41, 5.74) is 1.02. The number of aliphatic hydroxyl groups is 1. The molecular formula is C39H48N4O7. The number of cyclic esters (lactones) is 1. The number of nitrogens with one attached hydrogen (secondary N) is 1. The maximum absolute atomic E-state index is 15.0. The van der Waals surface area contributed by atoms with E-state index in [1.165, 1.54) is 0 Å². The summed E-state index contributed by atoms with van der Waals surface area (Å²) in [6.07, 6.45) is 7.33. The lowest BCUT2D eigenvalue weighted by Crippen LogP contribution is -2.56. The van der Waals surface area contributed by atoms with Crippen molar-refractivity contribution in [1.82, 2.24) is 10.2 Å². The standard InChI is InChI=1S/C39H48N4O7/c1-4-41(5-2)28-17-19-29(20-18-28)42-23-11-7-10-16-31(45)40-26(3)34(27-14-8-6-9-15-27)49-38(48)32-30-21-22-39(50-30)33(32)36(46)43(24-12-13-25-44)35(39)37(42)47/h6-9,11,14-15,17-22,26,30,32-35,44H,4-5,10,12-13,16,23-25H2,1-3H3,(H,40,45)/b11-7-/t26-,30+,32-,33-,34+,35+,39-/m1/s1. The Hall–Kier alpha value is -4.48.